The van der Waals surface area contributed by atoms with Crippen LogP contribution in [0.3, 0.4) is 0 Å². The highest BCUT2D eigenvalue weighted by Gasteiger charge is 2.30. The second-order valence-electron chi connectivity index (χ2n) is 4.21. The Hall–Kier alpha value is -0.790. The Labute approximate surface area is 95.9 Å². The second kappa shape index (κ2) is 4.38. The molecule has 0 aromatic heterocycles. The van der Waals surface area contributed by atoms with E-state index >= 15 is 0 Å². The van der Waals surface area contributed by atoms with E-state index in [9.17, 15) is 0 Å². The summed E-state index contributed by atoms with van der Waals surface area (Å²) in [4.78, 5) is 0. The number of benzene rings is 1. The molecule has 0 aliphatic heterocycles. The molecule has 0 bridgehead atoms. The summed E-state index contributed by atoms with van der Waals surface area (Å²) in [6, 6.07) is 8.10. The summed E-state index contributed by atoms with van der Waals surface area (Å²) in [5, 5.41) is 0.801. The van der Waals surface area contributed by atoms with Crippen molar-refractivity contribution in [1.29, 1.82) is 0 Å². The van der Waals surface area contributed by atoms with Crippen molar-refractivity contribution >= 4 is 11.6 Å². The molecular weight excluding hydrogens is 206 g/mol. The molecule has 0 amide bonds. The van der Waals surface area contributed by atoms with Crippen LogP contribution >= 0.6 is 11.6 Å². The van der Waals surface area contributed by atoms with Gasteiger partial charge in [0.05, 0.1) is 0 Å². The fraction of sp³-hybridized carbons (Fsp3) is 0.385. The van der Waals surface area contributed by atoms with Gasteiger partial charge >= 0.3 is 0 Å². The smallest absolute Gasteiger partial charge is 0.0408 e. The summed E-state index contributed by atoms with van der Waals surface area (Å²) in [7, 11) is 0. The lowest BCUT2D eigenvalue weighted by Gasteiger charge is -2.34. The topological polar surface area (TPSA) is 26.0 Å². The third-order valence-electron chi connectivity index (χ3n) is 3.29. The molecule has 2 heteroatoms. The highest BCUT2D eigenvalue weighted by Crippen LogP contribution is 2.36. The van der Waals surface area contributed by atoms with Crippen LogP contribution in [-0.4, -0.2) is 6.54 Å². The Bertz CT molecular complexity index is 373. The molecule has 0 radical (unpaired) electrons. The van der Waals surface area contributed by atoms with Crippen molar-refractivity contribution in [3.63, 3.8) is 0 Å². The third-order valence-corrected chi connectivity index (χ3v) is 3.53. The monoisotopic (exact) mass is 221 g/mol. The van der Waals surface area contributed by atoms with Crippen LogP contribution < -0.4 is 5.73 Å². The van der Waals surface area contributed by atoms with Crippen LogP contribution in [0.15, 0.2) is 36.4 Å². The zero-order valence-corrected chi connectivity index (χ0v) is 9.50. The average Bonchev–Trinajstić information content (AvgIpc) is 2.30. The first kappa shape index (κ1) is 10.7. The number of halogens is 1. The Balaban J connectivity index is 2.37. The number of rotatable bonds is 2. The Morgan fingerprint density at radius 2 is 2.20 bits per heavy atom. The average molecular weight is 222 g/mol. The zero-order valence-electron chi connectivity index (χ0n) is 8.75. The van der Waals surface area contributed by atoms with E-state index in [2.05, 4.69) is 18.2 Å². The van der Waals surface area contributed by atoms with Crippen LogP contribution in [0.25, 0.3) is 0 Å². The SMILES string of the molecule is NCC1(c2cccc(Cl)c2)CC=CCC1. The van der Waals surface area contributed by atoms with Crippen molar-refractivity contribution in [1.82, 2.24) is 0 Å². The van der Waals surface area contributed by atoms with Gasteiger partial charge in [-0.15, -0.1) is 0 Å². The van der Waals surface area contributed by atoms with Gasteiger partial charge in [-0.2, -0.15) is 0 Å². The lowest BCUT2D eigenvalue weighted by Crippen LogP contribution is -2.35. The maximum Gasteiger partial charge on any atom is 0.0408 e. The summed E-state index contributed by atoms with van der Waals surface area (Å²) in [6.07, 6.45) is 7.74. The van der Waals surface area contributed by atoms with Gasteiger partial charge in [-0.1, -0.05) is 35.9 Å². The van der Waals surface area contributed by atoms with Crippen LogP contribution in [0.2, 0.25) is 5.02 Å². The molecule has 0 saturated carbocycles. The van der Waals surface area contributed by atoms with E-state index in [1.54, 1.807) is 0 Å². The van der Waals surface area contributed by atoms with Gasteiger partial charge in [-0.3, -0.25) is 0 Å². The summed E-state index contributed by atoms with van der Waals surface area (Å²) in [5.74, 6) is 0. The molecule has 0 fully saturated rings. The molecule has 0 heterocycles. The van der Waals surface area contributed by atoms with E-state index in [0.29, 0.717) is 6.54 Å². The molecule has 2 rings (SSSR count). The van der Waals surface area contributed by atoms with E-state index in [1.165, 1.54) is 5.56 Å². The van der Waals surface area contributed by atoms with Gasteiger partial charge in [0.1, 0.15) is 0 Å². The van der Waals surface area contributed by atoms with Gasteiger partial charge in [0.2, 0.25) is 0 Å². The van der Waals surface area contributed by atoms with Gasteiger partial charge < -0.3 is 5.73 Å². The minimum atomic E-state index is 0.111. The largest absolute Gasteiger partial charge is 0.330 e. The molecule has 0 spiro atoms. The van der Waals surface area contributed by atoms with Gasteiger partial charge in [0.25, 0.3) is 0 Å². The third kappa shape index (κ3) is 2.09. The Morgan fingerprint density at radius 3 is 2.80 bits per heavy atom. The molecule has 1 aromatic carbocycles. The maximum absolute atomic E-state index is 6.02. The van der Waals surface area contributed by atoms with E-state index in [-0.39, 0.29) is 5.41 Å². The number of allylic oxidation sites excluding steroid dienone is 2. The summed E-state index contributed by atoms with van der Waals surface area (Å²) < 4.78 is 0. The minimum absolute atomic E-state index is 0.111. The van der Waals surface area contributed by atoms with Crippen molar-refractivity contribution in [2.45, 2.75) is 24.7 Å². The van der Waals surface area contributed by atoms with Gasteiger partial charge in [0.15, 0.2) is 0 Å². The number of hydrogen-bond acceptors (Lipinski definition) is 1. The van der Waals surface area contributed by atoms with E-state index in [0.717, 1.165) is 24.3 Å². The molecule has 80 valence electrons. The van der Waals surface area contributed by atoms with Crippen LogP contribution in [0.5, 0.6) is 0 Å². The van der Waals surface area contributed by atoms with Crippen molar-refractivity contribution in [3.8, 4) is 0 Å². The van der Waals surface area contributed by atoms with Crippen LogP contribution in [0, 0.1) is 0 Å². The first-order valence-corrected chi connectivity index (χ1v) is 5.76. The molecule has 15 heavy (non-hydrogen) atoms. The van der Waals surface area contributed by atoms with Crippen molar-refractivity contribution < 1.29 is 0 Å². The standard InChI is InChI=1S/C13H16ClN/c14-12-6-4-5-11(9-12)13(10-15)7-2-1-3-8-13/h1-2,4-6,9H,3,7-8,10,15H2. The predicted molar refractivity (Wildman–Crippen MR) is 65.2 cm³/mol. The van der Waals surface area contributed by atoms with Gasteiger partial charge in [0, 0.05) is 17.0 Å². The second-order valence-corrected chi connectivity index (χ2v) is 4.65. The fourth-order valence-corrected chi connectivity index (χ4v) is 2.46. The number of hydrogen-bond donors (Lipinski definition) is 1. The van der Waals surface area contributed by atoms with Crippen molar-refractivity contribution in [2.75, 3.05) is 6.54 Å². The first-order valence-electron chi connectivity index (χ1n) is 5.38. The molecule has 1 atom stereocenters. The van der Waals surface area contributed by atoms with Crippen LogP contribution in [0.4, 0.5) is 0 Å². The van der Waals surface area contributed by atoms with Gasteiger partial charge in [-0.05, 0) is 37.0 Å². The quantitative estimate of drug-likeness (QED) is 0.763. The van der Waals surface area contributed by atoms with Crippen LogP contribution in [-0.2, 0) is 5.41 Å². The van der Waals surface area contributed by atoms with E-state index in [4.69, 9.17) is 17.3 Å². The predicted octanol–water partition coefficient (Wildman–Crippen LogP) is 3.28. The highest BCUT2D eigenvalue weighted by molar-refractivity contribution is 6.30. The summed E-state index contributed by atoms with van der Waals surface area (Å²) in [5.41, 5.74) is 7.33. The molecule has 1 aliphatic rings. The van der Waals surface area contributed by atoms with Crippen molar-refractivity contribution in [3.05, 3.63) is 47.0 Å². The van der Waals surface area contributed by atoms with Crippen LogP contribution in [0.1, 0.15) is 24.8 Å². The van der Waals surface area contributed by atoms with Crippen molar-refractivity contribution in [2.24, 2.45) is 5.73 Å². The van der Waals surface area contributed by atoms with Gasteiger partial charge in [-0.25, -0.2) is 0 Å². The lowest BCUT2D eigenvalue weighted by atomic mass is 9.72. The lowest BCUT2D eigenvalue weighted by molar-refractivity contribution is 0.398. The molecule has 1 aliphatic carbocycles. The molecule has 1 aromatic rings. The zero-order chi connectivity index (χ0) is 10.7. The Kier molecular flexibility index (Phi) is 3.13. The number of nitrogens with two attached hydrogens (primary N) is 1. The highest BCUT2D eigenvalue weighted by atomic mass is 35.5. The summed E-state index contributed by atoms with van der Waals surface area (Å²) in [6.45, 7) is 0.692. The minimum Gasteiger partial charge on any atom is -0.330 e. The fourth-order valence-electron chi connectivity index (χ4n) is 2.27. The first-order chi connectivity index (χ1) is 7.27. The van der Waals surface area contributed by atoms with E-state index < -0.39 is 0 Å². The molecular formula is C13H16ClN. The molecule has 0 saturated heterocycles. The van der Waals surface area contributed by atoms with E-state index in [1.807, 2.05) is 18.2 Å². The summed E-state index contributed by atoms with van der Waals surface area (Å²) >= 11 is 6.02. The molecule has 1 nitrogen and oxygen atoms in total. The normalized spacial score (nSPS) is 25.5. The Morgan fingerprint density at radius 1 is 1.33 bits per heavy atom. The molecule has 2 N–H and O–H groups in total. The molecule has 1 unspecified atom stereocenters. The maximum atomic E-state index is 6.02.